The molecule has 0 radical (unpaired) electrons. The van der Waals surface area contributed by atoms with Crippen molar-refractivity contribution in [2.75, 3.05) is 5.32 Å². The highest BCUT2D eigenvalue weighted by molar-refractivity contribution is 5.93. The van der Waals surface area contributed by atoms with Crippen LogP contribution in [0.3, 0.4) is 0 Å². The molecule has 0 aromatic heterocycles. The molecule has 1 aromatic carbocycles. The molecule has 1 aromatic rings. The Kier molecular flexibility index (Phi) is 4.91. The van der Waals surface area contributed by atoms with Crippen LogP contribution in [-0.2, 0) is 0 Å². The van der Waals surface area contributed by atoms with E-state index in [9.17, 15) is 9.59 Å². The van der Waals surface area contributed by atoms with Gasteiger partial charge in [-0.1, -0.05) is 32.4 Å². The molecule has 0 aliphatic heterocycles. The Morgan fingerprint density at radius 1 is 1.25 bits per heavy atom. The van der Waals surface area contributed by atoms with E-state index in [4.69, 9.17) is 5.11 Å². The summed E-state index contributed by atoms with van der Waals surface area (Å²) in [5, 5.41) is 14.1. The quantitative estimate of drug-likeness (QED) is 0.791. The average Bonchev–Trinajstić information content (AvgIpc) is 2.35. The fourth-order valence-electron chi connectivity index (χ4n) is 1.29. The minimum Gasteiger partial charge on any atom is -0.478 e. The lowest BCUT2D eigenvalue weighted by Crippen LogP contribution is -2.25. The summed E-state index contributed by atoms with van der Waals surface area (Å²) < 4.78 is 0. The summed E-state index contributed by atoms with van der Waals surface area (Å²) in [5.74, 6) is -1.03. The van der Waals surface area contributed by atoms with E-state index >= 15 is 0 Å². The number of carbonyl (C=O) groups excluding carboxylic acids is 1. The smallest absolute Gasteiger partial charge is 0.335 e. The molecule has 0 saturated heterocycles. The van der Waals surface area contributed by atoms with Crippen LogP contribution in [0.25, 0.3) is 0 Å². The molecule has 0 bridgehead atoms. The van der Waals surface area contributed by atoms with Crippen molar-refractivity contribution in [3.05, 3.63) is 41.6 Å². The molecule has 0 aliphatic carbocycles. The molecule has 0 aliphatic rings. The lowest BCUT2D eigenvalue weighted by molar-refractivity contribution is 0.0697. The third-order valence-corrected chi connectivity index (χ3v) is 2.97. The summed E-state index contributed by atoms with van der Waals surface area (Å²) in [6.45, 7) is 8.09. The second-order valence-corrected chi connectivity index (χ2v) is 5.56. The first kappa shape index (κ1) is 15.8. The largest absolute Gasteiger partial charge is 0.478 e. The van der Waals surface area contributed by atoms with Crippen molar-refractivity contribution in [3.8, 4) is 0 Å². The van der Waals surface area contributed by atoms with Crippen LogP contribution in [0.15, 0.2) is 36.0 Å². The standard InChI is InChI=1S/C15H20N2O3/c1-10(15(2,3)4)9-16-14(20)17-12-7-5-6-11(8-12)13(18)19/h5-9H,1-4H3,(H,18,19)(H2,16,17,20)/b10-9+. The van der Waals surface area contributed by atoms with Gasteiger partial charge >= 0.3 is 12.0 Å². The van der Waals surface area contributed by atoms with Gasteiger partial charge in [0.2, 0.25) is 0 Å². The van der Waals surface area contributed by atoms with Gasteiger partial charge in [0.25, 0.3) is 0 Å². The predicted molar refractivity (Wildman–Crippen MR) is 78.8 cm³/mol. The molecule has 2 amide bonds. The van der Waals surface area contributed by atoms with E-state index in [1.165, 1.54) is 12.1 Å². The fourth-order valence-corrected chi connectivity index (χ4v) is 1.29. The van der Waals surface area contributed by atoms with Crippen LogP contribution in [0, 0.1) is 5.41 Å². The summed E-state index contributed by atoms with van der Waals surface area (Å²) in [6.07, 6.45) is 1.65. The summed E-state index contributed by atoms with van der Waals surface area (Å²) in [5.41, 5.74) is 1.58. The number of allylic oxidation sites excluding steroid dienone is 1. The number of hydrogen-bond donors (Lipinski definition) is 3. The van der Waals surface area contributed by atoms with Gasteiger partial charge in [-0.25, -0.2) is 9.59 Å². The van der Waals surface area contributed by atoms with Crippen molar-refractivity contribution < 1.29 is 14.7 Å². The fraction of sp³-hybridized carbons (Fsp3) is 0.333. The number of carbonyl (C=O) groups is 2. The van der Waals surface area contributed by atoms with Gasteiger partial charge in [-0.15, -0.1) is 0 Å². The number of benzene rings is 1. The van der Waals surface area contributed by atoms with Crippen LogP contribution in [0.2, 0.25) is 0 Å². The summed E-state index contributed by atoms with van der Waals surface area (Å²) in [6, 6.07) is 5.68. The summed E-state index contributed by atoms with van der Waals surface area (Å²) in [7, 11) is 0. The molecule has 108 valence electrons. The van der Waals surface area contributed by atoms with Gasteiger partial charge in [0, 0.05) is 11.9 Å². The lowest BCUT2D eigenvalue weighted by atomic mass is 9.88. The van der Waals surface area contributed by atoms with Crippen molar-refractivity contribution in [2.24, 2.45) is 5.41 Å². The Morgan fingerprint density at radius 2 is 1.90 bits per heavy atom. The zero-order valence-electron chi connectivity index (χ0n) is 12.2. The van der Waals surface area contributed by atoms with Gasteiger partial charge < -0.3 is 15.7 Å². The van der Waals surface area contributed by atoms with E-state index in [2.05, 4.69) is 31.4 Å². The zero-order valence-corrected chi connectivity index (χ0v) is 12.2. The average molecular weight is 276 g/mol. The third kappa shape index (κ3) is 4.76. The molecule has 5 nitrogen and oxygen atoms in total. The molecule has 0 saturated carbocycles. The molecular formula is C15H20N2O3. The molecule has 5 heteroatoms. The zero-order chi connectivity index (χ0) is 15.3. The number of urea groups is 1. The number of anilines is 1. The van der Waals surface area contributed by atoms with Crippen molar-refractivity contribution in [1.82, 2.24) is 5.32 Å². The predicted octanol–water partition coefficient (Wildman–Crippen LogP) is 3.46. The number of hydrogen-bond acceptors (Lipinski definition) is 2. The van der Waals surface area contributed by atoms with Gasteiger partial charge in [-0.3, -0.25) is 0 Å². The maximum Gasteiger partial charge on any atom is 0.335 e. The van der Waals surface area contributed by atoms with Crippen molar-refractivity contribution in [2.45, 2.75) is 27.7 Å². The molecule has 20 heavy (non-hydrogen) atoms. The van der Waals surface area contributed by atoms with Crippen LogP contribution in [0.5, 0.6) is 0 Å². The van der Waals surface area contributed by atoms with Crippen LogP contribution >= 0.6 is 0 Å². The first-order valence-electron chi connectivity index (χ1n) is 6.28. The topological polar surface area (TPSA) is 78.4 Å². The number of amides is 2. The Hall–Kier alpha value is -2.30. The summed E-state index contributed by atoms with van der Waals surface area (Å²) in [4.78, 5) is 22.5. The number of rotatable bonds is 3. The normalized spacial score (nSPS) is 11.9. The third-order valence-electron chi connectivity index (χ3n) is 2.97. The molecule has 0 fully saturated rings. The first-order valence-corrected chi connectivity index (χ1v) is 6.28. The highest BCUT2D eigenvalue weighted by Gasteiger charge is 2.12. The van der Waals surface area contributed by atoms with Gasteiger partial charge in [0.05, 0.1) is 5.56 Å². The molecule has 0 heterocycles. The van der Waals surface area contributed by atoms with Crippen LogP contribution in [0.4, 0.5) is 10.5 Å². The first-order chi connectivity index (χ1) is 9.20. The second-order valence-electron chi connectivity index (χ2n) is 5.56. The minimum atomic E-state index is -1.03. The Bertz CT molecular complexity index is 542. The molecule has 0 spiro atoms. The maximum absolute atomic E-state index is 11.7. The van der Waals surface area contributed by atoms with E-state index in [1.807, 2.05) is 6.92 Å². The Morgan fingerprint density at radius 3 is 2.45 bits per heavy atom. The van der Waals surface area contributed by atoms with Crippen LogP contribution in [0.1, 0.15) is 38.1 Å². The number of carboxylic acid groups (broad SMARTS) is 1. The molecule has 3 N–H and O–H groups in total. The highest BCUT2D eigenvalue weighted by Crippen LogP contribution is 2.23. The molecule has 0 unspecified atom stereocenters. The molecule has 1 rings (SSSR count). The number of nitrogens with one attached hydrogen (secondary N) is 2. The number of aromatic carboxylic acids is 1. The van der Waals surface area contributed by atoms with Gasteiger partial charge in [0.1, 0.15) is 0 Å². The highest BCUT2D eigenvalue weighted by atomic mass is 16.4. The van der Waals surface area contributed by atoms with Crippen molar-refractivity contribution in [1.29, 1.82) is 0 Å². The van der Waals surface area contributed by atoms with Gasteiger partial charge in [-0.05, 0) is 30.5 Å². The van der Waals surface area contributed by atoms with Gasteiger partial charge in [-0.2, -0.15) is 0 Å². The van der Waals surface area contributed by atoms with E-state index < -0.39 is 12.0 Å². The molecular weight excluding hydrogens is 256 g/mol. The SMILES string of the molecule is C/C(=C\NC(=O)Nc1cccc(C(=O)O)c1)C(C)(C)C. The Labute approximate surface area is 118 Å². The van der Waals surface area contributed by atoms with E-state index in [0.717, 1.165) is 5.57 Å². The maximum atomic E-state index is 11.7. The number of carboxylic acids is 1. The monoisotopic (exact) mass is 276 g/mol. The van der Waals surface area contributed by atoms with Crippen molar-refractivity contribution in [3.63, 3.8) is 0 Å². The Balaban J connectivity index is 2.68. The van der Waals surface area contributed by atoms with E-state index in [0.29, 0.717) is 5.69 Å². The summed E-state index contributed by atoms with van der Waals surface area (Å²) >= 11 is 0. The minimum absolute atomic E-state index is 0.0174. The van der Waals surface area contributed by atoms with Gasteiger partial charge in [0.15, 0.2) is 0 Å². The van der Waals surface area contributed by atoms with E-state index in [-0.39, 0.29) is 11.0 Å². The van der Waals surface area contributed by atoms with Crippen LogP contribution < -0.4 is 10.6 Å². The van der Waals surface area contributed by atoms with E-state index in [1.54, 1.807) is 18.3 Å². The lowest BCUT2D eigenvalue weighted by Gasteiger charge is -2.19. The second kappa shape index (κ2) is 6.23. The van der Waals surface area contributed by atoms with Crippen molar-refractivity contribution >= 4 is 17.7 Å². The molecule has 0 atom stereocenters. The van der Waals surface area contributed by atoms with Crippen LogP contribution in [-0.4, -0.2) is 17.1 Å².